The average Bonchev–Trinajstić information content (AvgIpc) is 3.31. The van der Waals surface area contributed by atoms with Crippen molar-refractivity contribution in [2.45, 2.75) is 24.9 Å². The van der Waals surface area contributed by atoms with E-state index >= 15 is 0 Å². The van der Waals surface area contributed by atoms with Crippen molar-refractivity contribution in [3.63, 3.8) is 0 Å². The summed E-state index contributed by atoms with van der Waals surface area (Å²) in [5.74, 6) is -2.14. The Morgan fingerprint density at radius 2 is 1.74 bits per heavy atom. The second-order valence-electron chi connectivity index (χ2n) is 8.16. The number of carboxylic acid groups (broad SMARTS) is 2. The second kappa shape index (κ2) is 13.1. The van der Waals surface area contributed by atoms with Crippen molar-refractivity contribution >= 4 is 28.7 Å². The van der Waals surface area contributed by atoms with Crippen molar-refractivity contribution in [3.05, 3.63) is 90.3 Å². The maximum absolute atomic E-state index is 11.5. The van der Waals surface area contributed by atoms with Crippen molar-refractivity contribution in [1.29, 1.82) is 0 Å². The minimum atomic E-state index is -5.08. The number of alkyl halides is 3. The number of aliphatic carboxylic acids is 2. The van der Waals surface area contributed by atoms with Gasteiger partial charge in [-0.05, 0) is 41.8 Å². The fourth-order valence-corrected chi connectivity index (χ4v) is 3.72. The van der Waals surface area contributed by atoms with Crippen LogP contribution in [0.2, 0.25) is 0 Å². The number of aromatic amines is 1. The standard InChI is InChI=1S/C25H25N3O3.C2HF3O2/c29-25(30)16-21(18-7-2-1-3-8-18)22-17-28-23-15-19(10-11-20(22)23)31-14-6-13-27-24-9-4-5-12-26-24;3-2(4,5)1(6)7/h1-5,7-12,15,17,21,28H,6,13-14,16H2,(H,26,27)(H,29,30);(H,6,7). The molecule has 1 atom stereocenters. The van der Waals surface area contributed by atoms with E-state index in [1.807, 2.05) is 72.9 Å². The number of hydrogen-bond donors (Lipinski definition) is 4. The van der Waals surface area contributed by atoms with Gasteiger partial charge in [-0.3, -0.25) is 4.79 Å². The lowest BCUT2D eigenvalue weighted by Gasteiger charge is -2.15. The van der Waals surface area contributed by atoms with E-state index in [1.54, 1.807) is 6.20 Å². The first kappa shape index (κ1) is 28.0. The quantitative estimate of drug-likeness (QED) is 0.195. The molecule has 2 aromatic heterocycles. The van der Waals surface area contributed by atoms with Crippen LogP contribution in [0.15, 0.2) is 79.1 Å². The Labute approximate surface area is 216 Å². The Morgan fingerprint density at radius 1 is 1.03 bits per heavy atom. The van der Waals surface area contributed by atoms with E-state index in [9.17, 15) is 23.1 Å². The van der Waals surface area contributed by atoms with E-state index in [4.69, 9.17) is 14.6 Å². The number of fused-ring (bicyclic) bond motifs is 1. The Balaban J connectivity index is 0.000000505. The molecule has 4 aromatic rings. The van der Waals surface area contributed by atoms with Gasteiger partial charge < -0.3 is 25.3 Å². The summed E-state index contributed by atoms with van der Waals surface area (Å²) in [6, 6.07) is 21.4. The fourth-order valence-electron chi connectivity index (χ4n) is 3.72. The lowest BCUT2D eigenvalue weighted by molar-refractivity contribution is -0.192. The predicted molar refractivity (Wildman–Crippen MR) is 135 cm³/mol. The number of nitrogens with zero attached hydrogens (tertiary/aromatic N) is 1. The van der Waals surface area contributed by atoms with Crippen LogP contribution < -0.4 is 10.1 Å². The van der Waals surface area contributed by atoms with Crippen molar-refractivity contribution < 1.29 is 37.7 Å². The van der Waals surface area contributed by atoms with Crippen LogP contribution in [0.4, 0.5) is 19.0 Å². The molecule has 0 aliphatic rings. The molecule has 0 fully saturated rings. The molecule has 0 radical (unpaired) electrons. The summed E-state index contributed by atoms with van der Waals surface area (Å²) >= 11 is 0. The summed E-state index contributed by atoms with van der Waals surface area (Å²) in [5, 5.41) is 20.8. The summed E-state index contributed by atoms with van der Waals surface area (Å²) in [4.78, 5) is 27.9. The number of aromatic nitrogens is 2. The summed E-state index contributed by atoms with van der Waals surface area (Å²) in [5.41, 5.74) is 2.91. The number of halogens is 3. The maximum atomic E-state index is 11.5. The largest absolute Gasteiger partial charge is 0.493 e. The van der Waals surface area contributed by atoms with E-state index in [-0.39, 0.29) is 12.3 Å². The number of carbonyl (C=O) groups is 2. The van der Waals surface area contributed by atoms with Gasteiger partial charge in [-0.1, -0.05) is 36.4 Å². The van der Waals surface area contributed by atoms with Gasteiger partial charge in [-0.2, -0.15) is 13.2 Å². The molecular formula is C27H26F3N3O5. The van der Waals surface area contributed by atoms with Crippen molar-refractivity contribution in [2.75, 3.05) is 18.5 Å². The predicted octanol–water partition coefficient (Wildman–Crippen LogP) is 5.68. The molecule has 0 aliphatic carbocycles. The van der Waals surface area contributed by atoms with Gasteiger partial charge >= 0.3 is 18.1 Å². The highest BCUT2D eigenvalue weighted by molar-refractivity contribution is 5.86. The van der Waals surface area contributed by atoms with Crippen LogP contribution in [-0.4, -0.2) is 51.4 Å². The second-order valence-corrected chi connectivity index (χ2v) is 8.16. The van der Waals surface area contributed by atoms with Crippen LogP contribution in [0.25, 0.3) is 10.9 Å². The normalized spacial score (nSPS) is 11.8. The van der Waals surface area contributed by atoms with Crippen LogP contribution in [-0.2, 0) is 9.59 Å². The molecule has 0 amide bonds. The molecule has 0 spiro atoms. The molecule has 0 saturated heterocycles. The Bertz CT molecular complexity index is 1330. The van der Waals surface area contributed by atoms with Gasteiger partial charge in [0.25, 0.3) is 0 Å². The average molecular weight is 530 g/mol. The van der Waals surface area contributed by atoms with E-state index in [1.165, 1.54) is 0 Å². The molecule has 0 bridgehead atoms. The van der Waals surface area contributed by atoms with Crippen LogP contribution >= 0.6 is 0 Å². The minimum Gasteiger partial charge on any atom is -0.493 e. The zero-order chi connectivity index (χ0) is 27.5. The number of benzene rings is 2. The summed E-state index contributed by atoms with van der Waals surface area (Å²) in [6.45, 7) is 1.37. The first-order chi connectivity index (χ1) is 18.1. The van der Waals surface area contributed by atoms with Crippen LogP contribution in [0, 0.1) is 0 Å². The van der Waals surface area contributed by atoms with Gasteiger partial charge in [0.1, 0.15) is 11.6 Å². The maximum Gasteiger partial charge on any atom is 0.490 e. The number of pyridine rings is 1. The Morgan fingerprint density at radius 3 is 2.37 bits per heavy atom. The van der Waals surface area contributed by atoms with Crippen LogP contribution in [0.5, 0.6) is 5.75 Å². The van der Waals surface area contributed by atoms with Crippen LogP contribution in [0.3, 0.4) is 0 Å². The first-order valence-electron chi connectivity index (χ1n) is 11.6. The highest BCUT2D eigenvalue weighted by atomic mass is 19.4. The molecule has 4 N–H and O–H groups in total. The number of carboxylic acids is 2. The van der Waals surface area contributed by atoms with Crippen LogP contribution in [0.1, 0.15) is 29.9 Å². The highest BCUT2D eigenvalue weighted by Crippen LogP contribution is 2.34. The van der Waals surface area contributed by atoms with Gasteiger partial charge in [-0.15, -0.1) is 0 Å². The molecular weight excluding hydrogens is 503 g/mol. The third kappa shape index (κ3) is 8.26. The lowest BCUT2D eigenvalue weighted by Crippen LogP contribution is -2.21. The third-order valence-electron chi connectivity index (χ3n) is 5.44. The number of anilines is 1. The minimum absolute atomic E-state index is 0.0402. The first-order valence-corrected chi connectivity index (χ1v) is 11.6. The van der Waals surface area contributed by atoms with E-state index in [2.05, 4.69) is 15.3 Å². The highest BCUT2D eigenvalue weighted by Gasteiger charge is 2.38. The zero-order valence-electron chi connectivity index (χ0n) is 20.1. The Kier molecular flexibility index (Phi) is 9.69. The third-order valence-corrected chi connectivity index (χ3v) is 5.44. The smallest absolute Gasteiger partial charge is 0.490 e. The summed E-state index contributed by atoms with van der Waals surface area (Å²) < 4.78 is 37.6. The van der Waals surface area contributed by atoms with Crippen molar-refractivity contribution in [2.24, 2.45) is 0 Å². The Hall–Kier alpha value is -4.54. The monoisotopic (exact) mass is 529 g/mol. The SMILES string of the molecule is O=C(O)C(F)(F)F.O=C(O)CC(c1ccccc1)c1c[nH]c2cc(OCCCNc3ccccn3)ccc12. The van der Waals surface area contributed by atoms with Gasteiger partial charge in [0.05, 0.1) is 13.0 Å². The van der Waals surface area contributed by atoms with Gasteiger partial charge in [0, 0.05) is 41.8 Å². The number of ether oxygens (including phenoxy) is 1. The van der Waals surface area contributed by atoms with Crippen molar-refractivity contribution in [1.82, 2.24) is 9.97 Å². The number of rotatable bonds is 10. The molecule has 8 nitrogen and oxygen atoms in total. The molecule has 4 rings (SSSR count). The number of hydrogen-bond acceptors (Lipinski definition) is 5. The number of nitrogens with one attached hydrogen (secondary N) is 2. The van der Waals surface area contributed by atoms with Gasteiger partial charge in [0.2, 0.25) is 0 Å². The topological polar surface area (TPSA) is 125 Å². The fraction of sp³-hybridized carbons (Fsp3) is 0.222. The van der Waals surface area contributed by atoms with E-state index < -0.39 is 18.1 Å². The molecule has 2 aromatic carbocycles. The molecule has 0 aliphatic heterocycles. The van der Waals surface area contributed by atoms with Crippen molar-refractivity contribution in [3.8, 4) is 5.75 Å². The van der Waals surface area contributed by atoms with E-state index in [0.29, 0.717) is 6.61 Å². The summed E-state index contributed by atoms with van der Waals surface area (Å²) in [7, 11) is 0. The molecule has 0 saturated carbocycles. The van der Waals surface area contributed by atoms with Gasteiger partial charge in [-0.25, -0.2) is 9.78 Å². The molecule has 200 valence electrons. The van der Waals surface area contributed by atoms with E-state index in [0.717, 1.165) is 46.6 Å². The molecule has 2 heterocycles. The molecule has 11 heteroatoms. The zero-order valence-corrected chi connectivity index (χ0v) is 20.1. The molecule has 1 unspecified atom stereocenters. The number of H-pyrrole nitrogens is 1. The molecule has 38 heavy (non-hydrogen) atoms. The summed E-state index contributed by atoms with van der Waals surface area (Å²) in [6.07, 6.45) is -0.527. The lowest BCUT2D eigenvalue weighted by atomic mass is 9.88. The van der Waals surface area contributed by atoms with Gasteiger partial charge in [0.15, 0.2) is 0 Å².